The minimum absolute atomic E-state index is 1.02. The van der Waals surface area contributed by atoms with Crippen molar-refractivity contribution >= 4 is 16.7 Å². The fraction of sp³-hybridized carbons (Fsp3) is 0. The standard InChI is InChI=1S/C15H11N3/c1-2-4-11(5-3-1)12-6-7-14-13(10-12)17-15-8-9-16-18(14)15/h1-10,17H. The Morgan fingerprint density at radius 2 is 1.78 bits per heavy atom. The van der Waals surface area contributed by atoms with Crippen molar-refractivity contribution < 1.29 is 0 Å². The molecule has 86 valence electrons. The Balaban J connectivity index is 1.99. The summed E-state index contributed by atoms with van der Waals surface area (Å²) >= 11 is 0. The molecule has 2 heterocycles. The van der Waals surface area contributed by atoms with Gasteiger partial charge in [0.15, 0.2) is 0 Å². The summed E-state index contributed by atoms with van der Waals surface area (Å²) in [7, 11) is 0. The summed E-state index contributed by atoms with van der Waals surface area (Å²) in [5, 5.41) is 4.29. The second kappa shape index (κ2) is 3.47. The summed E-state index contributed by atoms with van der Waals surface area (Å²) in [6.45, 7) is 0. The van der Waals surface area contributed by atoms with E-state index in [1.54, 1.807) is 6.20 Å². The normalized spacial score (nSPS) is 11.3. The Morgan fingerprint density at radius 3 is 2.67 bits per heavy atom. The average molecular weight is 233 g/mol. The van der Waals surface area contributed by atoms with E-state index in [1.807, 2.05) is 16.6 Å². The number of imidazole rings is 1. The molecule has 0 radical (unpaired) electrons. The summed E-state index contributed by atoms with van der Waals surface area (Å²) in [5.74, 6) is 0. The molecule has 2 aromatic carbocycles. The molecule has 0 atom stereocenters. The van der Waals surface area contributed by atoms with Crippen molar-refractivity contribution in [3.05, 3.63) is 60.8 Å². The van der Waals surface area contributed by atoms with E-state index in [-0.39, 0.29) is 0 Å². The van der Waals surface area contributed by atoms with Crippen LogP contribution in [0.5, 0.6) is 0 Å². The molecule has 2 aromatic heterocycles. The van der Waals surface area contributed by atoms with Gasteiger partial charge >= 0.3 is 0 Å². The molecule has 0 saturated carbocycles. The lowest BCUT2D eigenvalue weighted by Gasteiger charge is -2.01. The minimum atomic E-state index is 1.02. The lowest BCUT2D eigenvalue weighted by Crippen LogP contribution is -1.82. The minimum Gasteiger partial charge on any atom is -0.338 e. The lowest BCUT2D eigenvalue weighted by atomic mass is 10.1. The highest BCUT2D eigenvalue weighted by atomic mass is 15.3. The zero-order chi connectivity index (χ0) is 11.9. The van der Waals surface area contributed by atoms with Crippen LogP contribution in [0.15, 0.2) is 60.8 Å². The number of fused-ring (bicyclic) bond motifs is 3. The van der Waals surface area contributed by atoms with Crippen LogP contribution >= 0.6 is 0 Å². The van der Waals surface area contributed by atoms with Crippen molar-refractivity contribution in [2.24, 2.45) is 0 Å². The third kappa shape index (κ3) is 1.27. The molecular weight excluding hydrogens is 222 g/mol. The number of nitrogens with zero attached hydrogens (tertiary/aromatic N) is 2. The van der Waals surface area contributed by atoms with E-state index in [1.165, 1.54) is 11.1 Å². The van der Waals surface area contributed by atoms with Crippen molar-refractivity contribution in [3.63, 3.8) is 0 Å². The second-order valence-electron chi connectivity index (χ2n) is 4.35. The first-order valence-corrected chi connectivity index (χ1v) is 5.93. The van der Waals surface area contributed by atoms with Gasteiger partial charge in [0, 0.05) is 6.07 Å². The van der Waals surface area contributed by atoms with Gasteiger partial charge in [0.25, 0.3) is 0 Å². The van der Waals surface area contributed by atoms with E-state index in [2.05, 4.69) is 52.5 Å². The maximum Gasteiger partial charge on any atom is 0.134 e. The quantitative estimate of drug-likeness (QED) is 0.536. The molecule has 0 fully saturated rings. The molecule has 0 aliphatic heterocycles. The predicted molar refractivity (Wildman–Crippen MR) is 72.5 cm³/mol. The van der Waals surface area contributed by atoms with Crippen molar-refractivity contribution in [3.8, 4) is 11.1 Å². The van der Waals surface area contributed by atoms with Crippen LogP contribution < -0.4 is 0 Å². The number of aromatic amines is 1. The third-order valence-corrected chi connectivity index (χ3v) is 3.24. The number of hydrogen-bond donors (Lipinski definition) is 1. The predicted octanol–water partition coefficient (Wildman–Crippen LogP) is 3.48. The van der Waals surface area contributed by atoms with E-state index in [9.17, 15) is 0 Å². The van der Waals surface area contributed by atoms with Crippen LogP contribution in [0.3, 0.4) is 0 Å². The largest absolute Gasteiger partial charge is 0.338 e. The fourth-order valence-electron chi connectivity index (χ4n) is 2.36. The van der Waals surface area contributed by atoms with Gasteiger partial charge in [-0.1, -0.05) is 36.4 Å². The number of nitrogens with one attached hydrogen (secondary N) is 1. The molecule has 0 amide bonds. The molecule has 0 aliphatic carbocycles. The van der Waals surface area contributed by atoms with Crippen LogP contribution in [-0.4, -0.2) is 14.6 Å². The summed E-state index contributed by atoms with van der Waals surface area (Å²) in [5.41, 5.74) is 5.68. The monoisotopic (exact) mass is 233 g/mol. The highest BCUT2D eigenvalue weighted by Crippen LogP contribution is 2.24. The molecule has 3 nitrogen and oxygen atoms in total. The molecule has 1 N–H and O–H groups in total. The van der Waals surface area contributed by atoms with Gasteiger partial charge in [-0.3, -0.25) is 0 Å². The van der Waals surface area contributed by atoms with Gasteiger partial charge in [-0.05, 0) is 23.3 Å². The van der Waals surface area contributed by atoms with Gasteiger partial charge in [0.1, 0.15) is 5.65 Å². The maximum atomic E-state index is 4.29. The molecule has 0 aliphatic rings. The molecule has 0 unspecified atom stereocenters. The summed E-state index contributed by atoms with van der Waals surface area (Å²) in [4.78, 5) is 3.37. The van der Waals surface area contributed by atoms with Gasteiger partial charge in [-0.25, -0.2) is 4.52 Å². The first-order chi connectivity index (χ1) is 8.92. The van der Waals surface area contributed by atoms with Crippen molar-refractivity contribution in [2.75, 3.05) is 0 Å². The van der Waals surface area contributed by atoms with Gasteiger partial charge < -0.3 is 4.98 Å². The lowest BCUT2D eigenvalue weighted by molar-refractivity contribution is 1.01. The summed E-state index contributed by atoms with van der Waals surface area (Å²) in [6.07, 6.45) is 1.80. The van der Waals surface area contributed by atoms with Crippen molar-refractivity contribution in [1.82, 2.24) is 14.6 Å². The SMILES string of the molecule is c1ccc(-c2ccc3c(c2)[nH]c2ccnn23)cc1. The maximum absolute atomic E-state index is 4.29. The van der Waals surface area contributed by atoms with Crippen LogP contribution in [0.2, 0.25) is 0 Å². The van der Waals surface area contributed by atoms with Crippen LogP contribution in [0.1, 0.15) is 0 Å². The van der Waals surface area contributed by atoms with Gasteiger partial charge in [-0.15, -0.1) is 0 Å². The van der Waals surface area contributed by atoms with Crippen LogP contribution in [0.25, 0.3) is 27.8 Å². The third-order valence-electron chi connectivity index (χ3n) is 3.24. The van der Waals surface area contributed by atoms with E-state index >= 15 is 0 Å². The number of benzene rings is 2. The van der Waals surface area contributed by atoms with Crippen LogP contribution in [-0.2, 0) is 0 Å². The smallest absolute Gasteiger partial charge is 0.134 e. The Labute approximate surface area is 104 Å². The first-order valence-electron chi connectivity index (χ1n) is 5.93. The molecule has 18 heavy (non-hydrogen) atoms. The Hall–Kier alpha value is -2.55. The van der Waals surface area contributed by atoms with E-state index < -0.39 is 0 Å². The number of H-pyrrole nitrogens is 1. The Morgan fingerprint density at radius 1 is 0.889 bits per heavy atom. The van der Waals surface area contributed by atoms with Crippen LogP contribution in [0, 0.1) is 0 Å². The molecule has 3 heteroatoms. The van der Waals surface area contributed by atoms with Gasteiger partial charge in [-0.2, -0.15) is 5.10 Å². The van der Waals surface area contributed by atoms with Crippen molar-refractivity contribution in [1.29, 1.82) is 0 Å². The highest BCUT2D eigenvalue weighted by molar-refractivity contribution is 5.85. The fourth-order valence-corrected chi connectivity index (χ4v) is 2.36. The van der Waals surface area contributed by atoms with E-state index in [4.69, 9.17) is 0 Å². The number of hydrogen-bond acceptors (Lipinski definition) is 1. The highest BCUT2D eigenvalue weighted by Gasteiger charge is 2.05. The number of aromatic nitrogens is 3. The zero-order valence-electron chi connectivity index (χ0n) is 9.67. The topological polar surface area (TPSA) is 33.1 Å². The Bertz CT molecular complexity index is 825. The molecule has 0 bridgehead atoms. The zero-order valence-corrected chi connectivity index (χ0v) is 9.67. The van der Waals surface area contributed by atoms with E-state index in [0.717, 1.165) is 16.7 Å². The molecule has 4 aromatic rings. The molecule has 4 rings (SSSR count). The van der Waals surface area contributed by atoms with Crippen molar-refractivity contribution in [2.45, 2.75) is 0 Å². The van der Waals surface area contributed by atoms with Gasteiger partial charge in [0.05, 0.1) is 17.2 Å². The summed E-state index contributed by atoms with van der Waals surface area (Å²) in [6, 6.07) is 18.8. The number of rotatable bonds is 1. The second-order valence-corrected chi connectivity index (χ2v) is 4.35. The Kier molecular flexibility index (Phi) is 1.83. The summed E-state index contributed by atoms with van der Waals surface area (Å²) < 4.78 is 1.92. The first kappa shape index (κ1) is 9.48. The molecular formula is C15H11N3. The van der Waals surface area contributed by atoms with Gasteiger partial charge in [0.2, 0.25) is 0 Å². The molecule has 0 spiro atoms. The molecule has 0 saturated heterocycles. The van der Waals surface area contributed by atoms with Crippen LogP contribution in [0.4, 0.5) is 0 Å². The average Bonchev–Trinajstić information content (AvgIpc) is 2.99. The van der Waals surface area contributed by atoms with E-state index in [0.29, 0.717) is 0 Å².